The summed E-state index contributed by atoms with van der Waals surface area (Å²) >= 11 is 0. The number of alkyl halides is 1. The second-order valence-electron chi connectivity index (χ2n) is 5.25. The van der Waals surface area contributed by atoms with Gasteiger partial charge in [-0.15, -0.1) is 0 Å². The van der Waals surface area contributed by atoms with Crippen molar-refractivity contribution in [3.8, 4) is 0 Å². The molecule has 0 bridgehead atoms. The van der Waals surface area contributed by atoms with Crippen LogP contribution in [0.4, 0.5) is 9.18 Å². The first-order valence-electron chi connectivity index (χ1n) is 5.26. The predicted molar refractivity (Wildman–Crippen MR) is 58.7 cm³/mol. The normalized spacial score (nSPS) is 12.4. The molecule has 0 aliphatic heterocycles. The van der Waals surface area contributed by atoms with Crippen molar-refractivity contribution in [2.24, 2.45) is 0 Å². The molecule has 0 aromatic rings. The first kappa shape index (κ1) is 14.2. The molecule has 0 saturated carbocycles. The summed E-state index contributed by atoms with van der Waals surface area (Å²) in [5.41, 5.74) is -1.65. The molecule has 1 N–H and O–H groups in total. The molecule has 4 heteroatoms. The molecule has 90 valence electrons. The summed E-state index contributed by atoms with van der Waals surface area (Å²) in [6.07, 6.45) is 0.602. The van der Waals surface area contributed by atoms with Crippen LogP contribution in [0.3, 0.4) is 0 Å². The molecule has 0 atom stereocenters. The zero-order valence-electron chi connectivity index (χ0n) is 10.3. The smallest absolute Gasteiger partial charge is 0.407 e. The second-order valence-corrected chi connectivity index (χ2v) is 5.25. The van der Waals surface area contributed by atoms with E-state index >= 15 is 0 Å². The van der Waals surface area contributed by atoms with E-state index in [4.69, 9.17) is 4.74 Å². The highest BCUT2D eigenvalue weighted by Gasteiger charge is 2.17. The number of amides is 1. The fourth-order valence-corrected chi connectivity index (χ4v) is 1.01. The van der Waals surface area contributed by atoms with Gasteiger partial charge in [0.15, 0.2) is 0 Å². The van der Waals surface area contributed by atoms with E-state index in [0.717, 1.165) is 0 Å². The molecular formula is C11H22FNO2. The van der Waals surface area contributed by atoms with Gasteiger partial charge in [-0.1, -0.05) is 0 Å². The van der Waals surface area contributed by atoms with Gasteiger partial charge in [-0.05, 0) is 47.5 Å². The van der Waals surface area contributed by atoms with Crippen LogP contribution in [0.1, 0.15) is 47.5 Å². The molecule has 0 aliphatic rings. The van der Waals surface area contributed by atoms with E-state index in [1.54, 1.807) is 20.8 Å². The number of halogens is 1. The van der Waals surface area contributed by atoms with Crippen molar-refractivity contribution >= 4 is 6.09 Å². The highest BCUT2D eigenvalue weighted by Crippen LogP contribution is 2.15. The van der Waals surface area contributed by atoms with Crippen molar-refractivity contribution in [1.82, 2.24) is 5.32 Å². The van der Waals surface area contributed by atoms with Crippen molar-refractivity contribution < 1.29 is 13.9 Å². The highest BCUT2D eigenvalue weighted by atomic mass is 19.1. The zero-order valence-corrected chi connectivity index (χ0v) is 10.3. The molecule has 0 aromatic heterocycles. The van der Waals surface area contributed by atoms with Gasteiger partial charge in [0.1, 0.15) is 11.3 Å². The second kappa shape index (κ2) is 5.33. The number of ether oxygens (including phenoxy) is 1. The van der Waals surface area contributed by atoms with Gasteiger partial charge in [0.05, 0.1) is 0 Å². The molecule has 0 unspecified atom stereocenters. The minimum Gasteiger partial charge on any atom is -0.444 e. The van der Waals surface area contributed by atoms with E-state index in [1.807, 2.05) is 0 Å². The standard InChI is InChI=1S/C11H22FNO2/c1-10(2,3)15-9(14)13-8-6-7-11(4,5)12/h6-8H2,1-5H3,(H,13,14). The quantitative estimate of drug-likeness (QED) is 0.738. The number of carbonyl (C=O) groups is 1. The molecule has 0 aromatic carbocycles. The summed E-state index contributed by atoms with van der Waals surface area (Å²) in [5, 5.41) is 2.58. The third-order valence-electron chi connectivity index (χ3n) is 1.62. The predicted octanol–water partition coefficient (Wildman–Crippen LogP) is 3.04. The molecule has 0 aliphatic carbocycles. The molecule has 0 radical (unpaired) electrons. The Hall–Kier alpha value is -0.800. The number of nitrogens with one attached hydrogen (secondary N) is 1. The average molecular weight is 219 g/mol. The molecule has 0 saturated heterocycles. The first-order valence-corrected chi connectivity index (χ1v) is 5.26. The van der Waals surface area contributed by atoms with Crippen LogP contribution in [0, 0.1) is 0 Å². The number of hydrogen-bond donors (Lipinski definition) is 1. The van der Waals surface area contributed by atoms with Crippen molar-refractivity contribution in [2.45, 2.75) is 58.7 Å². The van der Waals surface area contributed by atoms with E-state index in [2.05, 4.69) is 5.32 Å². The Bertz CT molecular complexity index is 204. The lowest BCUT2D eigenvalue weighted by Crippen LogP contribution is -2.33. The van der Waals surface area contributed by atoms with Crippen LogP contribution in [0.25, 0.3) is 0 Å². The molecule has 0 heterocycles. The summed E-state index contributed by atoms with van der Waals surface area (Å²) in [7, 11) is 0. The zero-order chi connectivity index (χ0) is 12.1. The molecule has 0 spiro atoms. The lowest BCUT2D eigenvalue weighted by Gasteiger charge is -2.20. The minimum atomic E-state index is -1.17. The fourth-order valence-electron chi connectivity index (χ4n) is 1.01. The Labute approximate surface area is 91.4 Å². The fraction of sp³-hybridized carbons (Fsp3) is 0.909. The highest BCUT2D eigenvalue weighted by molar-refractivity contribution is 5.67. The Kier molecular flexibility index (Phi) is 5.05. The summed E-state index contributed by atoms with van der Waals surface area (Å²) in [4.78, 5) is 11.2. The monoisotopic (exact) mass is 219 g/mol. The molecule has 15 heavy (non-hydrogen) atoms. The largest absolute Gasteiger partial charge is 0.444 e. The number of alkyl carbamates (subject to hydrolysis) is 1. The maximum Gasteiger partial charge on any atom is 0.407 e. The Morgan fingerprint density at radius 1 is 1.27 bits per heavy atom. The summed E-state index contributed by atoms with van der Waals surface area (Å²) in [6, 6.07) is 0. The van der Waals surface area contributed by atoms with E-state index in [0.29, 0.717) is 19.4 Å². The summed E-state index contributed by atoms with van der Waals surface area (Å²) < 4.78 is 18.1. The lowest BCUT2D eigenvalue weighted by atomic mass is 10.1. The van der Waals surface area contributed by atoms with Crippen LogP contribution < -0.4 is 5.32 Å². The molecule has 0 fully saturated rings. The van der Waals surface area contributed by atoms with Gasteiger partial charge in [-0.2, -0.15) is 0 Å². The van der Waals surface area contributed by atoms with Crippen LogP contribution in [-0.4, -0.2) is 23.9 Å². The van der Waals surface area contributed by atoms with Crippen molar-refractivity contribution in [2.75, 3.05) is 6.54 Å². The Morgan fingerprint density at radius 3 is 2.20 bits per heavy atom. The van der Waals surface area contributed by atoms with Crippen LogP contribution in [0.2, 0.25) is 0 Å². The first-order chi connectivity index (χ1) is 6.60. The lowest BCUT2D eigenvalue weighted by molar-refractivity contribution is 0.0523. The van der Waals surface area contributed by atoms with Gasteiger partial charge in [-0.3, -0.25) is 0 Å². The van der Waals surface area contributed by atoms with E-state index < -0.39 is 17.4 Å². The third-order valence-corrected chi connectivity index (χ3v) is 1.62. The van der Waals surface area contributed by atoms with Crippen LogP contribution >= 0.6 is 0 Å². The molecule has 1 amide bonds. The van der Waals surface area contributed by atoms with E-state index in [1.165, 1.54) is 13.8 Å². The minimum absolute atomic E-state index is 0.433. The number of carbonyl (C=O) groups excluding carboxylic acids is 1. The number of rotatable bonds is 4. The van der Waals surface area contributed by atoms with Crippen LogP contribution in [0.5, 0.6) is 0 Å². The maximum absolute atomic E-state index is 13.0. The summed E-state index contributed by atoms with van der Waals surface area (Å²) in [5.74, 6) is 0. The number of hydrogen-bond acceptors (Lipinski definition) is 2. The average Bonchev–Trinajstić information content (AvgIpc) is 1.92. The van der Waals surface area contributed by atoms with Gasteiger partial charge < -0.3 is 10.1 Å². The van der Waals surface area contributed by atoms with Gasteiger partial charge in [-0.25, -0.2) is 9.18 Å². The molecule has 3 nitrogen and oxygen atoms in total. The van der Waals surface area contributed by atoms with Gasteiger partial charge in [0.2, 0.25) is 0 Å². The van der Waals surface area contributed by atoms with E-state index in [9.17, 15) is 9.18 Å². The van der Waals surface area contributed by atoms with Crippen molar-refractivity contribution in [3.05, 3.63) is 0 Å². The Balaban J connectivity index is 3.57. The Morgan fingerprint density at radius 2 is 1.80 bits per heavy atom. The molecule has 0 rings (SSSR count). The van der Waals surface area contributed by atoms with Crippen molar-refractivity contribution in [1.29, 1.82) is 0 Å². The maximum atomic E-state index is 13.0. The topological polar surface area (TPSA) is 38.3 Å². The van der Waals surface area contributed by atoms with E-state index in [-0.39, 0.29) is 0 Å². The van der Waals surface area contributed by atoms with Crippen LogP contribution in [0.15, 0.2) is 0 Å². The summed E-state index contributed by atoms with van der Waals surface area (Å²) in [6.45, 7) is 8.91. The molecular weight excluding hydrogens is 197 g/mol. The van der Waals surface area contributed by atoms with Gasteiger partial charge in [0, 0.05) is 6.54 Å². The SMILES string of the molecule is CC(C)(F)CCCNC(=O)OC(C)(C)C. The van der Waals surface area contributed by atoms with Gasteiger partial charge in [0.25, 0.3) is 0 Å². The van der Waals surface area contributed by atoms with Gasteiger partial charge >= 0.3 is 6.09 Å². The third kappa shape index (κ3) is 11.1. The van der Waals surface area contributed by atoms with Crippen molar-refractivity contribution in [3.63, 3.8) is 0 Å². The van der Waals surface area contributed by atoms with Crippen LogP contribution in [-0.2, 0) is 4.74 Å².